The summed E-state index contributed by atoms with van der Waals surface area (Å²) in [6.45, 7) is 7.14. The smallest absolute Gasteiger partial charge is 0.328 e. The summed E-state index contributed by atoms with van der Waals surface area (Å²) in [5.41, 5.74) is 2.18. The fourth-order valence-corrected chi connectivity index (χ4v) is 2.30. The lowest BCUT2D eigenvalue weighted by Crippen LogP contribution is -2.42. The van der Waals surface area contributed by atoms with Crippen molar-refractivity contribution < 1.29 is 14.3 Å². The van der Waals surface area contributed by atoms with Crippen LogP contribution in [0.15, 0.2) is 24.3 Å². The molecular weight excluding hydrogens is 242 g/mol. The monoisotopic (exact) mass is 263 g/mol. The number of hydrogen-bond donors (Lipinski definition) is 0. The lowest BCUT2D eigenvalue weighted by Gasteiger charge is -2.33. The van der Waals surface area contributed by atoms with Crippen LogP contribution in [0.5, 0.6) is 0 Å². The second-order valence-corrected chi connectivity index (χ2v) is 4.71. The first-order valence-electron chi connectivity index (χ1n) is 6.77. The molecule has 1 aromatic rings. The third-order valence-electron chi connectivity index (χ3n) is 3.31. The Labute approximate surface area is 114 Å². The minimum absolute atomic E-state index is 0.173. The van der Waals surface area contributed by atoms with Crippen LogP contribution in [0, 0.1) is 6.92 Å². The molecule has 0 aliphatic carbocycles. The molecule has 1 aromatic carbocycles. The molecule has 0 N–H and O–H groups in total. The number of ether oxygens (including phenoxy) is 2. The van der Waals surface area contributed by atoms with Gasteiger partial charge in [-0.1, -0.05) is 29.8 Å². The second-order valence-electron chi connectivity index (χ2n) is 4.71. The predicted octanol–water partition coefficient (Wildman–Crippen LogP) is 1.93. The quantitative estimate of drug-likeness (QED) is 0.778. The minimum Gasteiger partial charge on any atom is -0.465 e. The largest absolute Gasteiger partial charge is 0.465 e. The number of aryl methyl sites for hydroxylation is 1. The van der Waals surface area contributed by atoms with Gasteiger partial charge in [0.1, 0.15) is 6.04 Å². The number of hydrogen-bond acceptors (Lipinski definition) is 4. The molecule has 2 rings (SSSR count). The lowest BCUT2D eigenvalue weighted by molar-refractivity contribution is -0.151. The number of benzene rings is 1. The van der Waals surface area contributed by atoms with Crippen LogP contribution in [0.4, 0.5) is 0 Å². The molecule has 0 radical (unpaired) electrons. The van der Waals surface area contributed by atoms with Crippen LogP contribution < -0.4 is 0 Å². The van der Waals surface area contributed by atoms with E-state index in [2.05, 4.69) is 4.90 Å². The molecule has 0 amide bonds. The van der Waals surface area contributed by atoms with Gasteiger partial charge in [-0.25, -0.2) is 4.79 Å². The molecule has 1 aliphatic heterocycles. The zero-order chi connectivity index (χ0) is 13.7. The van der Waals surface area contributed by atoms with Gasteiger partial charge in [-0.3, -0.25) is 4.90 Å². The molecule has 1 fully saturated rings. The highest BCUT2D eigenvalue weighted by Crippen LogP contribution is 2.23. The fraction of sp³-hybridized carbons (Fsp3) is 0.533. The van der Waals surface area contributed by atoms with Gasteiger partial charge in [0.25, 0.3) is 0 Å². The Morgan fingerprint density at radius 1 is 1.32 bits per heavy atom. The first-order chi connectivity index (χ1) is 9.22. The van der Waals surface area contributed by atoms with E-state index in [-0.39, 0.29) is 12.0 Å². The maximum atomic E-state index is 12.2. The van der Waals surface area contributed by atoms with Crippen molar-refractivity contribution in [1.82, 2.24) is 4.90 Å². The highest BCUT2D eigenvalue weighted by Gasteiger charge is 2.29. The van der Waals surface area contributed by atoms with Crippen LogP contribution in [0.2, 0.25) is 0 Å². The van der Waals surface area contributed by atoms with Crippen LogP contribution >= 0.6 is 0 Å². The Bertz CT molecular complexity index is 410. The van der Waals surface area contributed by atoms with E-state index in [0.29, 0.717) is 19.8 Å². The summed E-state index contributed by atoms with van der Waals surface area (Å²) >= 11 is 0. The number of carbonyl (C=O) groups is 1. The average molecular weight is 263 g/mol. The number of rotatable bonds is 4. The average Bonchev–Trinajstić information content (AvgIpc) is 2.43. The Morgan fingerprint density at radius 3 is 2.53 bits per heavy atom. The molecule has 0 bridgehead atoms. The Balaban J connectivity index is 2.22. The van der Waals surface area contributed by atoms with Gasteiger partial charge in [0.05, 0.1) is 19.8 Å². The molecule has 1 atom stereocenters. The fourth-order valence-electron chi connectivity index (χ4n) is 2.30. The standard InChI is InChI=1S/C15H21NO3/c1-3-19-15(17)14(16-8-10-18-11-9-16)13-6-4-12(2)5-7-13/h4-7,14H,3,8-11H2,1-2H3. The summed E-state index contributed by atoms with van der Waals surface area (Å²) in [6.07, 6.45) is 0. The van der Waals surface area contributed by atoms with Crippen molar-refractivity contribution in [1.29, 1.82) is 0 Å². The molecule has 0 spiro atoms. The van der Waals surface area contributed by atoms with E-state index in [1.807, 2.05) is 38.1 Å². The zero-order valence-corrected chi connectivity index (χ0v) is 11.6. The summed E-state index contributed by atoms with van der Waals surface area (Å²) in [5.74, 6) is -0.173. The topological polar surface area (TPSA) is 38.8 Å². The number of carbonyl (C=O) groups excluding carboxylic acids is 1. The normalized spacial score (nSPS) is 18.0. The molecule has 19 heavy (non-hydrogen) atoms. The van der Waals surface area contributed by atoms with Crippen molar-refractivity contribution in [2.24, 2.45) is 0 Å². The van der Waals surface area contributed by atoms with Gasteiger partial charge >= 0.3 is 5.97 Å². The van der Waals surface area contributed by atoms with Crippen LogP contribution in [-0.2, 0) is 14.3 Å². The van der Waals surface area contributed by atoms with Gasteiger partial charge in [0.15, 0.2) is 0 Å². The molecule has 1 aliphatic rings. The van der Waals surface area contributed by atoms with Gasteiger partial charge in [-0.2, -0.15) is 0 Å². The minimum atomic E-state index is -0.315. The predicted molar refractivity (Wildman–Crippen MR) is 72.9 cm³/mol. The van der Waals surface area contributed by atoms with E-state index in [0.717, 1.165) is 18.7 Å². The molecule has 1 saturated heterocycles. The van der Waals surface area contributed by atoms with Crippen LogP contribution in [0.1, 0.15) is 24.1 Å². The molecular formula is C15H21NO3. The first-order valence-corrected chi connectivity index (χ1v) is 6.77. The van der Waals surface area contributed by atoms with Crippen molar-refractivity contribution in [3.05, 3.63) is 35.4 Å². The number of esters is 1. The van der Waals surface area contributed by atoms with Crippen molar-refractivity contribution >= 4 is 5.97 Å². The molecule has 104 valence electrons. The van der Waals surface area contributed by atoms with E-state index in [1.165, 1.54) is 5.56 Å². The Kier molecular flexibility index (Phi) is 4.93. The molecule has 0 aromatic heterocycles. The maximum Gasteiger partial charge on any atom is 0.328 e. The highest BCUT2D eigenvalue weighted by molar-refractivity contribution is 5.77. The summed E-state index contributed by atoms with van der Waals surface area (Å²) in [7, 11) is 0. The molecule has 0 saturated carbocycles. The van der Waals surface area contributed by atoms with Crippen molar-refractivity contribution in [3.8, 4) is 0 Å². The van der Waals surface area contributed by atoms with Gasteiger partial charge in [0, 0.05) is 13.1 Å². The lowest BCUT2D eigenvalue weighted by atomic mass is 10.0. The second kappa shape index (κ2) is 6.68. The van der Waals surface area contributed by atoms with Crippen LogP contribution in [0.3, 0.4) is 0 Å². The molecule has 1 unspecified atom stereocenters. The van der Waals surface area contributed by atoms with Gasteiger partial charge < -0.3 is 9.47 Å². The van der Waals surface area contributed by atoms with Crippen molar-refractivity contribution in [2.45, 2.75) is 19.9 Å². The first kappa shape index (κ1) is 14.0. The van der Waals surface area contributed by atoms with E-state index in [9.17, 15) is 4.79 Å². The number of nitrogens with zero attached hydrogens (tertiary/aromatic N) is 1. The maximum absolute atomic E-state index is 12.2. The van der Waals surface area contributed by atoms with E-state index >= 15 is 0 Å². The number of morpholine rings is 1. The molecule has 4 nitrogen and oxygen atoms in total. The van der Waals surface area contributed by atoms with Crippen molar-refractivity contribution in [2.75, 3.05) is 32.9 Å². The van der Waals surface area contributed by atoms with Gasteiger partial charge in [0.2, 0.25) is 0 Å². The summed E-state index contributed by atoms with van der Waals surface area (Å²) < 4.78 is 10.6. The van der Waals surface area contributed by atoms with E-state index < -0.39 is 0 Å². The van der Waals surface area contributed by atoms with Crippen molar-refractivity contribution in [3.63, 3.8) is 0 Å². The third kappa shape index (κ3) is 3.55. The SMILES string of the molecule is CCOC(=O)C(c1ccc(C)cc1)N1CCOCC1. The van der Waals surface area contributed by atoms with Crippen LogP contribution in [-0.4, -0.2) is 43.8 Å². The molecule has 1 heterocycles. The summed E-state index contributed by atoms with van der Waals surface area (Å²) in [4.78, 5) is 14.4. The highest BCUT2D eigenvalue weighted by atomic mass is 16.5. The van der Waals surface area contributed by atoms with Gasteiger partial charge in [-0.15, -0.1) is 0 Å². The van der Waals surface area contributed by atoms with E-state index in [4.69, 9.17) is 9.47 Å². The molecule has 4 heteroatoms. The van der Waals surface area contributed by atoms with Crippen LogP contribution in [0.25, 0.3) is 0 Å². The Morgan fingerprint density at radius 2 is 1.95 bits per heavy atom. The summed E-state index contributed by atoms with van der Waals surface area (Å²) in [5, 5.41) is 0. The summed E-state index contributed by atoms with van der Waals surface area (Å²) in [6, 6.07) is 7.76. The van der Waals surface area contributed by atoms with E-state index in [1.54, 1.807) is 0 Å². The zero-order valence-electron chi connectivity index (χ0n) is 11.6. The Hall–Kier alpha value is -1.39. The third-order valence-corrected chi connectivity index (χ3v) is 3.31. The van der Waals surface area contributed by atoms with Gasteiger partial charge in [-0.05, 0) is 19.4 Å².